The summed E-state index contributed by atoms with van der Waals surface area (Å²) in [4.78, 5) is 14.7. The molecule has 0 aliphatic carbocycles. The normalized spacial score (nSPS) is 20.9. The van der Waals surface area contributed by atoms with Crippen LogP contribution in [0.2, 0.25) is 13.1 Å². The molecular formula is C17H31N3O5Si. The van der Waals surface area contributed by atoms with Gasteiger partial charge in [0.25, 0.3) is 0 Å². The maximum atomic E-state index is 11.3. The third-order valence-corrected chi connectivity index (χ3v) is 5.32. The van der Waals surface area contributed by atoms with E-state index < -0.39 is 25.2 Å². The Morgan fingerprint density at radius 2 is 1.96 bits per heavy atom. The van der Waals surface area contributed by atoms with Crippen LogP contribution >= 0.6 is 0 Å². The summed E-state index contributed by atoms with van der Waals surface area (Å²) in [6.07, 6.45) is 2.91. The molecule has 1 unspecified atom stereocenters. The molecule has 0 aromatic carbocycles. The lowest BCUT2D eigenvalue weighted by Crippen LogP contribution is -2.59. The number of hydrogen-bond acceptors (Lipinski definition) is 6. The first-order chi connectivity index (χ1) is 11.9. The first kappa shape index (κ1) is 21.0. The standard InChI is InChI=1S/C17H31N3O5Si/c1-15(2,3)13(25-26(6)7)17(11-23-16(4,5)24-12-17)10-19-9-8-18-14(19)20(21)22/h8-9,13,26H,10-12H2,1-7H3. The molecule has 2 heterocycles. The number of aromatic nitrogens is 2. The molecule has 8 nitrogen and oxygen atoms in total. The molecule has 1 aromatic rings. The van der Waals surface area contributed by atoms with Crippen molar-refractivity contribution in [3.63, 3.8) is 0 Å². The summed E-state index contributed by atoms with van der Waals surface area (Å²) in [5.74, 6) is -0.856. The minimum absolute atomic E-state index is 0.167. The van der Waals surface area contributed by atoms with Crippen LogP contribution in [0.4, 0.5) is 5.95 Å². The number of imidazole rings is 1. The van der Waals surface area contributed by atoms with E-state index in [1.54, 1.807) is 10.8 Å². The Morgan fingerprint density at radius 3 is 2.42 bits per heavy atom. The van der Waals surface area contributed by atoms with Crippen molar-refractivity contribution in [2.24, 2.45) is 10.8 Å². The molecule has 2 rings (SSSR count). The summed E-state index contributed by atoms with van der Waals surface area (Å²) >= 11 is 0. The fourth-order valence-corrected chi connectivity index (χ4v) is 4.76. The fraction of sp³-hybridized carbons (Fsp3) is 0.824. The lowest BCUT2D eigenvalue weighted by molar-refractivity contribution is -0.397. The molecule has 0 saturated carbocycles. The van der Waals surface area contributed by atoms with Crippen molar-refractivity contribution in [2.75, 3.05) is 13.2 Å². The van der Waals surface area contributed by atoms with E-state index in [0.717, 1.165) is 0 Å². The van der Waals surface area contributed by atoms with Crippen molar-refractivity contribution < 1.29 is 18.8 Å². The van der Waals surface area contributed by atoms with E-state index in [9.17, 15) is 10.1 Å². The first-order valence-corrected chi connectivity index (χ1v) is 11.7. The highest BCUT2D eigenvalue weighted by Crippen LogP contribution is 2.43. The molecular weight excluding hydrogens is 354 g/mol. The topological polar surface area (TPSA) is 88.7 Å². The van der Waals surface area contributed by atoms with Crippen LogP contribution in [-0.4, -0.2) is 48.6 Å². The van der Waals surface area contributed by atoms with Crippen LogP contribution in [0.5, 0.6) is 0 Å². The zero-order chi connectivity index (χ0) is 19.8. The average Bonchev–Trinajstić information content (AvgIpc) is 2.94. The summed E-state index contributed by atoms with van der Waals surface area (Å²) in [7, 11) is -1.37. The van der Waals surface area contributed by atoms with Gasteiger partial charge in [-0.15, -0.1) is 0 Å². The van der Waals surface area contributed by atoms with Crippen molar-refractivity contribution in [2.45, 2.75) is 66.1 Å². The van der Waals surface area contributed by atoms with Crippen LogP contribution in [0.1, 0.15) is 34.6 Å². The fourth-order valence-electron chi connectivity index (χ4n) is 3.52. The zero-order valence-electron chi connectivity index (χ0n) is 16.8. The van der Waals surface area contributed by atoms with E-state index in [1.807, 2.05) is 13.8 Å². The predicted molar refractivity (Wildman–Crippen MR) is 101 cm³/mol. The van der Waals surface area contributed by atoms with Crippen molar-refractivity contribution >= 4 is 15.0 Å². The highest BCUT2D eigenvalue weighted by molar-refractivity contribution is 6.48. The van der Waals surface area contributed by atoms with Crippen LogP contribution in [0.15, 0.2) is 12.4 Å². The van der Waals surface area contributed by atoms with Gasteiger partial charge in [0.15, 0.2) is 14.8 Å². The Balaban J connectivity index is 2.45. The molecule has 9 heteroatoms. The lowest BCUT2D eigenvalue weighted by Gasteiger charge is -2.51. The van der Waals surface area contributed by atoms with Crippen LogP contribution in [0.25, 0.3) is 0 Å². The number of nitrogens with zero attached hydrogens (tertiary/aromatic N) is 3. The summed E-state index contributed by atoms with van der Waals surface area (Å²) in [5.41, 5.74) is -0.725. The molecule has 0 spiro atoms. The minimum Gasteiger partial charge on any atom is -0.416 e. The quantitative estimate of drug-likeness (QED) is 0.425. The van der Waals surface area contributed by atoms with Gasteiger partial charge in [0.1, 0.15) is 12.4 Å². The molecule has 26 heavy (non-hydrogen) atoms. The molecule has 1 atom stereocenters. The smallest absolute Gasteiger partial charge is 0.416 e. The van der Waals surface area contributed by atoms with Gasteiger partial charge < -0.3 is 24.0 Å². The van der Waals surface area contributed by atoms with E-state index in [-0.39, 0.29) is 17.5 Å². The Hall–Kier alpha value is -1.29. The summed E-state index contributed by atoms with van der Waals surface area (Å²) < 4.78 is 20.0. The Bertz CT molecular complexity index is 629. The molecule has 1 aliphatic heterocycles. The highest BCUT2D eigenvalue weighted by atomic mass is 28.3. The second-order valence-corrected chi connectivity index (χ2v) is 11.3. The van der Waals surface area contributed by atoms with Crippen LogP contribution in [0, 0.1) is 20.9 Å². The SMILES string of the molecule is C[SiH](C)OC(C(C)(C)C)C1(Cn2ccnc2[N+](=O)[O-])COC(C)(C)OC1. The van der Waals surface area contributed by atoms with E-state index in [2.05, 4.69) is 38.8 Å². The predicted octanol–water partition coefficient (Wildman–Crippen LogP) is 2.98. The molecule has 0 N–H and O–H groups in total. The van der Waals surface area contributed by atoms with Gasteiger partial charge in [-0.2, -0.15) is 0 Å². The molecule has 1 fully saturated rings. The molecule has 0 bridgehead atoms. The van der Waals surface area contributed by atoms with Crippen LogP contribution in [0.3, 0.4) is 0 Å². The molecule has 1 aromatic heterocycles. The molecule has 1 aliphatic rings. The number of hydrogen-bond donors (Lipinski definition) is 0. The van der Waals surface area contributed by atoms with E-state index in [1.165, 1.54) is 6.20 Å². The van der Waals surface area contributed by atoms with Crippen molar-refractivity contribution in [1.29, 1.82) is 0 Å². The monoisotopic (exact) mass is 385 g/mol. The third kappa shape index (κ3) is 4.70. The van der Waals surface area contributed by atoms with Crippen molar-refractivity contribution in [3.8, 4) is 0 Å². The van der Waals surface area contributed by atoms with Gasteiger partial charge in [-0.25, -0.2) is 4.57 Å². The van der Waals surface area contributed by atoms with Gasteiger partial charge in [0.05, 0.1) is 31.3 Å². The van der Waals surface area contributed by atoms with Gasteiger partial charge >= 0.3 is 5.95 Å². The van der Waals surface area contributed by atoms with Crippen molar-refractivity contribution in [1.82, 2.24) is 9.55 Å². The maximum Gasteiger partial charge on any atom is 0.434 e. The lowest BCUT2D eigenvalue weighted by atomic mass is 9.70. The molecule has 0 radical (unpaired) electrons. The molecule has 148 valence electrons. The zero-order valence-corrected chi connectivity index (χ0v) is 18.0. The van der Waals surface area contributed by atoms with Gasteiger partial charge in [-0.05, 0) is 37.3 Å². The molecule has 0 amide bonds. The third-order valence-electron chi connectivity index (χ3n) is 4.51. The van der Waals surface area contributed by atoms with Gasteiger partial charge in [0.2, 0.25) is 0 Å². The van der Waals surface area contributed by atoms with E-state index in [4.69, 9.17) is 13.9 Å². The number of rotatable bonds is 6. The number of ether oxygens (including phenoxy) is 2. The van der Waals surface area contributed by atoms with E-state index in [0.29, 0.717) is 19.8 Å². The Morgan fingerprint density at radius 1 is 1.38 bits per heavy atom. The summed E-state index contributed by atoms with van der Waals surface area (Å²) in [5, 5.41) is 11.3. The highest BCUT2D eigenvalue weighted by Gasteiger charge is 2.52. The van der Waals surface area contributed by atoms with E-state index >= 15 is 0 Å². The maximum absolute atomic E-state index is 11.3. The van der Waals surface area contributed by atoms with Gasteiger partial charge in [-0.3, -0.25) is 0 Å². The van der Waals surface area contributed by atoms with Gasteiger partial charge in [-0.1, -0.05) is 25.8 Å². The van der Waals surface area contributed by atoms with Crippen molar-refractivity contribution in [3.05, 3.63) is 22.5 Å². The van der Waals surface area contributed by atoms with Gasteiger partial charge in [0, 0.05) is 0 Å². The summed E-state index contributed by atoms with van der Waals surface area (Å²) in [6.45, 7) is 15.5. The van der Waals surface area contributed by atoms with Crippen LogP contribution < -0.4 is 0 Å². The first-order valence-electron chi connectivity index (χ1n) is 8.95. The Kier molecular flexibility index (Phi) is 5.96. The number of nitro groups is 1. The second kappa shape index (κ2) is 7.38. The summed E-state index contributed by atoms with van der Waals surface area (Å²) in [6, 6.07) is 0. The second-order valence-electron chi connectivity index (χ2n) is 8.88. The Labute approximate surface area is 156 Å². The molecule has 1 saturated heterocycles. The van der Waals surface area contributed by atoms with Crippen LogP contribution in [-0.2, 0) is 20.4 Å². The average molecular weight is 386 g/mol. The largest absolute Gasteiger partial charge is 0.434 e. The minimum atomic E-state index is -1.37.